The fourth-order valence-electron chi connectivity index (χ4n) is 4.85. The van der Waals surface area contributed by atoms with Crippen LogP contribution in [0.15, 0.2) is 73.6 Å². The van der Waals surface area contributed by atoms with E-state index in [-0.39, 0.29) is 5.54 Å². The minimum atomic E-state index is -0.228. The summed E-state index contributed by atoms with van der Waals surface area (Å²) in [7, 11) is 1.92. The molecule has 0 spiro atoms. The average Bonchev–Trinajstić information content (AvgIpc) is 3.57. The molecule has 10 heteroatoms. The molecule has 1 aliphatic heterocycles. The van der Waals surface area contributed by atoms with Gasteiger partial charge in [0.15, 0.2) is 0 Å². The summed E-state index contributed by atoms with van der Waals surface area (Å²) in [6, 6.07) is 14.2. The van der Waals surface area contributed by atoms with Crippen molar-refractivity contribution >= 4 is 11.5 Å². The fourth-order valence-corrected chi connectivity index (χ4v) is 4.85. The zero-order valence-corrected chi connectivity index (χ0v) is 21.9. The van der Waals surface area contributed by atoms with Crippen LogP contribution in [0.25, 0.3) is 33.0 Å². The third-order valence-electron chi connectivity index (χ3n) is 6.95. The van der Waals surface area contributed by atoms with Crippen LogP contribution in [0.2, 0.25) is 0 Å². The highest BCUT2D eigenvalue weighted by molar-refractivity contribution is 5.64. The van der Waals surface area contributed by atoms with Crippen LogP contribution in [0.1, 0.15) is 12.5 Å². The summed E-state index contributed by atoms with van der Waals surface area (Å²) in [6.45, 7) is 12.9. The highest BCUT2D eigenvalue weighted by atomic mass is 16.5. The first-order chi connectivity index (χ1) is 19.0. The topological polar surface area (TPSA) is 89.8 Å². The van der Waals surface area contributed by atoms with Crippen LogP contribution in [0.5, 0.6) is 5.75 Å². The predicted molar refractivity (Wildman–Crippen MR) is 149 cm³/mol. The Morgan fingerprint density at radius 3 is 2.67 bits per heavy atom. The van der Waals surface area contributed by atoms with E-state index in [1.807, 2.05) is 61.4 Å². The molecule has 6 rings (SSSR count). The molecule has 4 aromatic heterocycles. The first-order valence-electron chi connectivity index (χ1n) is 12.8. The van der Waals surface area contributed by atoms with Crippen LogP contribution in [-0.2, 0) is 13.6 Å². The van der Waals surface area contributed by atoms with Crippen LogP contribution in [0, 0.1) is 6.57 Å². The van der Waals surface area contributed by atoms with Crippen LogP contribution < -0.4 is 10.1 Å². The molecular weight excluding hydrogens is 490 g/mol. The van der Waals surface area contributed by atoms with E-state index in [2.05, 4.69) is 59.4 Å². The van der Waals surface area contributed by atoms with E-state index in [1.54, 1.807) is 11.0 Å². The molecule has 1 aliphatic rings. The number of nitrogens with zero attached hydrogens (tertiary/aromatic N) is 8. The largest absolute Gasteiger partial charge is 0.492 e. The van der Waals surface area contributed by atoms with Crippen molar-refractivity contribution in [1.82, 2.24) is 34.0 Å². The Balaban J connectivity index is 1.07. The number of hydrogen-bond donors (Lipinski definition) is 1. The van der Waals surface area contributed by atoms with E-state index in [9.17, 15) is 0 Å². The number of imidazole rings is 1. The number of hydrogen-bond acceptors (Lipinski definition) is 7. The highest BCUT2D eigenvalue weighted by Gasteiger charge is 2.44. The lowest BCUT2D eigenvalue weighted by atomic mass is 9.94. The molecule has 5 aromatic rings. The first-order valence-corrected chi connectivity index (χ1v) is 12.8. The third-order valence-corrected chi connectivity index (χ3v) is 6.95. The van der Waals surface area contributed by atoms with Crippen molar-refractivity contribution in [2.24, 2.45) is 7.05 Å². The maximum Gasteiger partial charge on any atom is 0.254 e. The molecule has 0 radical (unpaired) electrons. The Hall–Kier alpha value is -4.75. The van der Waals surface area contributed by atoms with Crippen LogP contribution in [0.4, 0.5) is 5.82 Å². The number of aromatic nitrogens is 6. The van der Waals surface area contributed by atoms with Gasteiger partial charge in [0.2, 0.25) is 0 Å². The van der Waals surface area contributed by atoms with E-state index >= 15 is 0 Å². The zero-order chi connectivity index (χ0) is 26.8. The van der Waals surface area contributed by atoms with Crippen LogP contribution in [0.3, 0.4) is 0 Å². The van der Waals surface area contributed by atoms with Crippen molar-refractivity contribution in [3.8, 4) is 28.3 Å². The highest BCUT2D eigenvalue weighted by Crippen LogP contribution is 2.26. The summed E-state index contributed by atoms with van der Waals surface area (Å²) in [4.78, 5) is 19.4. The number of nitrogens with one attached hydrogen (secondary N) is 1. The van der Waals surface area contributed by atoms with Gasteiger partial charge in [0.05, 0.1) is 36.9 Å². The summed E-state index contributed by atoms with van der Waals surface area (Å²) in [5, 5.41) is 7.64. The Labute approximate surface area is 226 Å². The molecule has 0 aliphatic carbocycles. The second-order valence-corrected chi connectivity index (χ2v) is 10.1. The van der Waals surface area contributed by atoms with Crippen molar-refractivity contribution in [3.05, 3.63) is 90.6 Å². The quantitative estimate of drug-likeness (QED) is 0.292. The Bertz CT molecular complexity index is 1640. The van der Waals surface area contributed by atoms with Gasteiger partial charge in [-0.1, -0.05) is 24.3 Å². The summed E-state index contributed by atoms with van der Waals surface area (Å²) < 4.78 is 9.75. The normalized spacial score (nSPS) is 14.6. The van der Waals surface area contributed by atoms with Gasteiger partial charge in [-0.05, 0) is 17.2 Å². The van der Waals surface area contributed by atoms with Gasteiger partial charge in [-0.3, -0.25) is 14.0 Å². The van der Waals surface area contributed by atoms with E-state index in [1.165, 1.54) is 0 Å². The minimum absolute atomic E-state index is 0.228. The second-order valence-electron chi connectivity index (χ2n) is 10.1. The number of anilines is 1. The summed E-state index contributed by atoms with van der Waals surface area (Å²) in [6.07, 6.45) is 9.20. The van der Waals surface area contributed by atoms with E-state index in [0.29, 0.717) is 13.2 Å². The zero-order valence-electron chi connectivity index (χ0n) is 21.9. The van der Waals surface area contributed by atoms with Gasteiger partial charge in [0.25, 0.3) is 5.54 Å². The summed E-state index contributed by atoms with van der Waals surface area (Å²) in [5.41, 5.74) is 5.60. The van der Waals surface area contributed by atoms with E-state index in [0.717, 1.165) is 64.9 Å². The van der Waals surface area contributed by atoms with Crippen molar-refractivity contribution in [2.75, 3.05) is 31.6 Å². The van der Waals surface area contributed by atoms with Crippen molar-refractivity contribution in [3.63, 3.8) is 0 Å². The number of benzene rings is 1. The molecule has 0 saturated carbocycles. The lowest BCUT2D eigenvalue weighted by Gasteiger charge is -2.38. The molecule has 0 atom stereocenters. The molecule has 1 fully saturated rings. The molecule has 5 heterocycles. The number of pyridine rings is 1. The maximum atomic E-state index is 7.24. The van der Waals surface area contributed by atoms with E-state index < -0.39 is 0 Å². The SMILES string of the molecule is [C-]#[N+]C1(C)CN(CCOc2ccn3c(-c4cc(NCc5ccc(-c6cnn(C)c6)cc5)ncn4)cnc3c2)C1. The predicted octanol–water partition coefficient (Wildman–Crippen LogP) is 4.18. The van der Waals surface area contributed by atoms with Gasteiger partial charge in [-0.15, -0.1) is 0 Å². The second kappa shape index (κ2) is 10.2. The van der Waals surface area contributed by atoms with Gasteiger partial charge in [-0.2, -0.15) is 5.10 Å². The molecule has 1 N–H and O–H groups in total. The molecule has 0 bridgehead atoms. The van der Waals surface area contributed by atoms with Gasteiger partial charge >= 0.3 is 0 Å². The molecule has 0 unspecified atom stereocenters. The standard InChI is InChI=1S/C29H29N9O/c1-29(30-2)18-37(19-29)10-11-39-24-8-9-38-26(16-32-28(38)12-24)25-13-27(34-20-33-25)31-14-21-4-6-22(7-5-21)23-15-35-36(3)17-23/h4-9,12-13,15-17,20H,10-11,14,18-19H2,1,3H3,(H,31,33,34). The molecule has 1 saturated heterocycles. The smallest absolute Gasteiger partial charge is 0.254 e. The lowest BCUT2D eigenvalue weighted by molar-refractivity contribution is 0.0907. The number of rotatable bonds is 9. The minimum Gasteiger partial charge on any atom is -0.492 e. The number of aryl methyl sites for hydroxylation is 1. The molecule has 10 nitrogen and oxygen atoms in total. The number of fused-ring (bicyclic) bond motifs is 1. The summed E-state index contributed by atoms with van der Waals surface area (Å²) in [5.74, 6) is 1.51. The van der Waals surface area contributed by atoms with Gasteiger partial charge in [0, 0.05) is 57.2 Å². The molecule has 0 amide bonds. The molecule has 39 heavy (non-hydrogen) atoms. The number of ether oxygens (including phenoxy) is 1. The van der Waals surface area contributed by atoms with Gasteiger partial charge in [-0.25, -0.2) is 21.5 Å². The van der Waals surface area contributed by atoms with Crippen molar-refractivity contribution < 1.29 is 4.74 Å². The Morgan fingerprint density at radius 2 is 1.90 bits per heavy atom. The Morgan fingerprint density at radius 1 is 1.05 bits per heavy atom. The fraction of sp³-hybridized carbons (Fsp3) is 0.276. The summed E-state index contributed by atoms with van der Waals surface area (Å²) >= 11 is 0. The molecule has 196 valence electrons. The van der Waals surface area contributed by atoms with Gasteiger partial charge in [0.1, 0.15) is 30.1 Å². The monoisotopic (exact) mass is 519 g/mol. The van der Waals surface area contributed by atoms with E-state index in [4.69, 9.17) is 11.3 Å². The molecule has 1 aromatic carbocycles. The average molecular weight is 520 g/mol. The van der Waals surface area contributed by atoms with Crippen LogP contribution >= 0.6 is 0 Å². The Kier molecular flexibility index (Phi) is 6.42. The van der Waals surface area contributed by atoms with Crippen molar-refractivity contribution in [2.45, 2.75) is 19.0 Å². The molecular formula is C29H29N9O. The lowest BCUT2D eigenvalue weighted by Crippen LogP contribution is -2.58. The maximum absolute atomic E-state index is 7.24. The number of likely N-dealkylation sites (tertiary alicyclic amines) is 1. The van der Waals surface area contributed by atoms with Crippen LogP contribution in [-0.4, -0.2) is 65.8 Å². The first kappa shape index (κ1) is 24.6. The van der Waals surface area contributed by atoms with Gasteiger partial charge < -0.3 is 14.9 Å². The third kappa shape index (κ3) is 5.30. The van der Waals surface area contributed by atoms with Crippen molar-refractivity contribution in [1.29, 1.82) is 0 Å².